The number of hydrogen-bond donors (Lipinski definition) is 1. The van der Waals surface area contributed by atoms with Gasteiger partial charge in [-0.25, -0.2) is 9.18 Å². The van der Waals surface area contributed by atoms with Crippen molar-refractivity contribution in [3.05, 3.63) is 30.1 Å². The van der Waals surface area contributed by atoms with Crippen LogP contribution in [-0.4, -0.2) is 31.8 Å². The maximum Gasteiger partial charge on any atom is 0.329 e. The van der Waals surface area contributed by atoms with E-state index in [0.29, 0.717) is 6.54 Å². The minimum absolute atomic E-state index is 0.000602. The van der Waals surface area contributed by atoms with Crippen molar-refractivity contribution in [1.82, 2.24) is 5.32 Å². The Morgan fingerprint density at radius 1 is 1.42 bits per heavy atom. The molecule has 1 rings (SSSR count). The average Bonchev–Trinajstić information content (AvgIpc) is 2.43. The molecule has 1 aromatic rings. The molecule has 0 spiro atoms. The first kappa shape index (κ1) is 15.4. The molecule has 0 aliphatic rings. The summed E-state index contributed by atoms with van der Waals surface area (Å²) in [4.78, 5) is 11.8. The summed E-state index contributed by atoms with van der Waals surface area (Å²) in [6, 6.07) is 6.08. The predicted molar refractivity (Wildman–Crippen MR) is 70.6 cm³/mol. The van der Waals surface area contributed by atoms with E-state index in [-0.39, 0.29) is 12.4 Å². The third-order valence-electron chi connectivity index (χ3n) is 2.75. The molecule has 0 saturated carbocycles. The summed E-state index contributed by atoms with van der Waals surface area (Å²) in [6.45, 7) is 4.31. The van der Waals surface area contributed by atoms with Gasteiger partial charge in [-0.1, -0.05) is 19.1 Å². The van der Waals surface area contributed by atoms with Crippen molar-refractivity contribution >= 4 is 5.97 Å². The van der Waals surface area contributed by atoms with Crippen LogP contribution in [0.4, 0.5) is 4.39 Å². The first-order chi connectivity index (χ1) is 9.03. The van der Waals surface area contributed by atoms with E-state index in [1.807, 2.05) is 6.92 Å². The van der Waals surface area contributed by atoms with E-state index in [1.165, 1.54) is 19.2 Å². The molecule has 0 bridgehead atoms. The van der Waals surface area contributed by atoms with Crippen molar-refractivity contribution in [2.45, 2.75) is 25.8 Å². The van der Waals surface area contributed by atoms with Crippen LogP contribution < -0.4 is 10.1 Å². The highest BCUT2D eigenvalue weighted by molar-refractivity contribution is 5.80. The van der Waals surface area contributed by atoms with Crippen LogP contribution in [0.25, 0.3) is 0 Å². The van der Waals surface area contributed by atoms with Gasteiger partial charge in [0.05, 0.1) is 7.11 Å². The molecular formula is C14H20FNO3. The van der Waals surface area contributed by atoms with Gasteiger partial charge in [0.15, 0.2) is 11.6 Å². The minimum Gasteiger partial charge on any atom is -0.488 e. The van der Waals surface area contributed by atoms with Gasteiger partial charge in [-0.3, -0.25) is 5.32 Å². The van der Waals surface area contributed by atoms with Crippen LogP contribution in [0.5, 0.6) is 5.75 Å². The Morgan fingerprint density at radius 2 is 2.11 bits per heavy atom. The minimum atomic E-state index is -0.993. The molecule has 1 atom stereocenters. The van der Waals surface area contributed by atoms with E-state index in [1.54, 1.807) is 19.1 Å². The second-order valence-corrected chi connectivity index (χ2v) is 4.47. The summed E-state index contributed by atoms with van der Waals surface area (Å²) in [5.41, 5.74) is -0.993. The Morgan fingerprint density at radius 3 is 2.68 bits per heavy atom. The number of ether oxygens (including phenoxy) is 2. The fraction of sp³-hybridized carbons (Fsp3) is 0.500. The van der Waals surface area contributed by atoms with Gasteiger partial charge >= 0.3 is 5.97 Å². The SMILES string of the molecule is CCCNC(C)(COc1ccccc1F)C(=O)OC. The number of benzene rings is 1. The lowest BCUT2D eigenvalue weighted by Gasteiger charge is -2.27. The Labute approximate surface area is 112 Å². The van der Waals surface area contributed by atoms with Crippen molar-refractivity contribution in [1.29, 1.82) is 0 Å². The van der Waals surface area contributed by atoms with E-state index in [2.05, 4.69) is 5.32 Å². The van der Waals surface area contributed by atoms with Crippen LogP contribution >= 0.6 is 0 Å². The van der Waals surface area contributed by atoms with Crippen LogP contribution in [0.15, 0.2) is 24.3 Å². The van der Waals surface area contributed by atoms with Crippen LogP contribution in [0.3, 0.4) is 0 Å². The highest BCUT2D eigenvalue weighted by Gasteiger charge is 2.35. The van der Waals surface area contributed by atoms with Crippen LogP contribution in [0, 0.1) is 5.82 Å². The van der Waals surface area contributed by atoms with E-state index < -0.39 is 17.3 Å². The third kappa shape index (κ3) is 4.21. The largest absolute Gasteiger partial charge is 0.488 e. The van der Waals surface area contributed by atoms with Crippen LogP contribution in [0.2, 0.25) is 0 Å². The molecule has 1 N–H and O–H groups in total. The number of halogens is 1. The molecule has 0 aliphatic heterocycles. The summed E-state index contributed by atoms with van der Waals surface area (Å²) in [5.74, 6) is -0.765. The average molecular weight is 269 g/mol. The summed E-state index contributed by atoms with van der Waals surface area (Å²) in [5, 5.41) is 3.06. The Kier molecular flexibility index (Phi) is 5.76. The maximum atomic E-state index is 13.4. The first-order valence-electron chi connectivity index (χ1n) is 6.24. The van der Waals surface area contributed by atoms with Crippen molar-refractivity contribution in [3.8, 4) is 5.75 Å². The maximum absolute atomic E-state index is 13.4. The molecule has 1 unspecified atom stereocenters. The Balaban J connectivity index is 2.73. The van der Waals surface area contributed by atoms with Crippen molar-refractivity contribution in [2.75, 3.05) is 20.3 Å². The zero-order valence-corrected chi connectivity index (χ0v) is 11.5. The first-order valence-corrected chi connectivity index (χ1v) is 6.24. The Hall–Kier alpha value is -1.62. The van der Waals surface area contributed by atoms with Gasteiger partial charge in [0.2, 0.25) is 0 Å². The molecule has 0 fully saturated rings. The number of rotatable bonds is 7. The summed E-state index contributed by atoms with van der Waals surface area (Å²) < 4.78 is 23.6. The van der Waals surface area contributed by atoms with Crippen LogP contribution in [-0.2, 0) is 9.53 Å². The monoisotopic (exact) mass is 269 g/mol. The normalized spacial score (nSPS) is 13.7. The van der Waals surface area contributed by atoms with Gasteiger partial charge in [-0.15, -0.1) is 0 Å². The molecule has 19 heavy (non-hydrogen) atoms. The van der Waals surface area contributed by atoms with Crippen molar-refractivity contribution in [3.63, 3.8) is 0 Å². The second kappa shape index (κ2) is 7.09. The molecule has 0 amide bonds. The van der Waals surface area contributed by atoms with E-state index in [9.17, 15) is 9.18 Å². The summed E-state index contributed by atoms with van der Waals surface area (Å²) >= 11 is 0. The van der Waals surface area contributed by atoms with E-state index in [4.69, 9.17) is 9.47 Å². The number of nitrogens with one attached hydrogen (secondary N) is 1. The smallest absolute Gasteiger partial charge is 0.329 e. The van der Waals surface area contributed by atoms with Gasteiger partial charge in [-0.2, -0.15) is 0 Å². The van der Waals surface area contributed by atoms with Crippen molar-refractivity contribution < 1.29 is 18.7 Å². The van der Waals surface area contributed by atoms with Crippen LogP contribution in [0.1, 0.15) is 20.3 Å². The lowest BCUT2D eigenvalue weighted by Crippen LogP contribution is -2.54. The number of hydrogen-bond acceptors (Lipinski definition) is 4. The molecule has 1 aromatic carbocycles. The lowest BCUT2D eigenvalue weighted by molar-refractivity contribution is -0.149. The zero-order chi connectivity index (χ0) is 14.3. The molecule has 0 saturated heterocycles. The number of carbonyl (C=O) groups excluding carboxylic acids is 1. The molecule has 5 heteroatoms. The van der Waals surface area contributed by atoms with Gasteiger partial charge in [0.1, 0.15) is 12.1 Å². The Bertz CT molecular complexity index is 425. The highest BCUT2D eigenvalue weighted by atomic mass is 19.1. The molecular weight excluding hydrogens is 249 g/mol. The molecule has 0 aliphatic carbocycles. The lowest BCUT2D eigenvalue weighted by atomic mass is 10.0. The fourth-order valence-electron chi connectivity index (χ4n) is 1.59. The number of para-hydroxylation sites is 1. The highest BCUT2D eigenvalue weighted by Crippen LogP contribution is 2.18. The van der Waals surface area contributed by atoms with E-state index >= 15 is 0 Å². The van der Waals surface area contributed by atoms with Gasteiger partial charge in [-0.05, 0) is 32.0 Å². The van der Waals surface area contributed by atoms with Gasteiger partial charge < -0.3 is 9.47 Å². The molecule has 0 heterocycles. The number of methoxy groups -OCH3 is 1. The zero-order valence-electron chi connectivity index (χ0n) is 11.5. The summed E-state index contributed by atoms with van der Waals surface area (Å²) in [6.07, 6.45) is 0.867. The van der Waals surface area contributed by atoms with Gasteiger partial charge in [0.25, 0.3) is 0 Å². The summed E-state index contributed by atoms with van der Waals surface area (Å²) in [7, 11) is 1.32. The quantitative estimate of drug-likeness (QED) is 0.770. The predicted octanol–water partition coefficient (Wildman–Crippen LogP) is 2.14. The van der Waals surface area contributed by atoms with E-state index in [0.717, 1.165) is 6.42 Å². The van der Waals surface area contributed by atoms with Crippen molar-refractivity contribution in [2.24, 2.45) is 0 Å². The molecule has 4 nitrogen and oxygen atoms in total. The third-order valence-corrected chi connectivity index (χ3v) is 2.75. The molecule has 0 aromatic heterocycles. The van der Waals surface area contributed by atoms with Gasteiger partial charge in [0, 0.05) is 0 Å². The molecule has 0 radical (unpaired) electrons. The standard InChI is InChI=1S/C14H20FNO3/c1-4-9-16-14(2,13(17)18-3)10-19-12-8-6-5-7-11(12)15/h5-8,16H,4,9-10H2,1-3H3. The molecule has 106 valence electrons. The number of esters is 1. The fourth-order valence-corrected chi connectivity index (χ4v) is 1.59. The second-order valence-electron chi connectivity index (χ2n) is 4.47. The topological polar surface area (TPSA) is 47.6 Å². The number of carbonyl (C=O) groups is 1.